The number of hydrogen-bond donors (Lipinski definition) is 0. The maximum atomic E-state index is 11.2. The molecule has 1 aromatic carbocycles. The number of hydrogen-bond acceptors (Lipinski definition) is 3. The van der Waals surface area contributed by atoms with Crippen LogP contribution < -0.4 is 4.74 Å². The van der Waals surface area contributed by atoms with Gasteiger partial charge in [0.1, 0.15) is 5.75 Å². The second kappa shape index (κ2) is 8.24. The summed E-state index contributed by atoms with van der Waals surface area (Å²) in [6.45, 7) is 7.80. The molecule has 0 fully saturated rings. The third-order valence-corrected chi connectivity index (χ3v) is 3.14. The van der Waals surface area contributed by atoms with Crippen molar-refractivity contribution in [3.8, 4) is 18.1 Å². The third kappa shape index (κ3) is 6.44. The Labute approximate surface area is 139 Å². The third-order valence-electron chi connectivity index (χ3n) is 3.14. The van der Waals surface area contributed by atoms with Gasteiger partial charge in [-0.15, -0.1) is 6.42 Å². The molecule has 0 aromatic heterocycles. The monoisotopic (exact) mass is 312 g/mol. The standard InChI is InChI=1S/C20H24O3/c1-7-20(4,5)23-18-12-9-16(10-13-19(21)22-6)14-17(18)11-8-15(2)3/h1,8-10,12-14H,11H2,2-6H3/b13-10+. The zero-order valence-corrected chi connectivity index (χ0v) is 14.5. The van der Waals surface area contributed by atoms with Crippen LogP contribution in [0.4, 0.5) is 0 Å². The van der Waals surface area contributed by atoms with E-state index in [9.17, 15) is 4.79 Å². The molecular formula is C20H24O3. The molecular weight excluding hydrogens is 288 g/mol. The van der Waals surface area contributed by atoms with Crippen molar-refractivity contribution < 1.29 is 14.3 Å². The zero-order chi connectivity index (χ0) is 17.5. The lowest BCUT2D eigenvalue weighted by Gasteiger charge is -2.22. The highest BCUT2D eigenvalue weighted by molar-refractivity contribution is 5.87. The number of methoxy groups -OCH3 is 1. The topological polar surface area (TPSA) is 35.5 Å². The van der Waals surface area contributed by atoms with Gasteiger partial charge in [0.05, 0.1) is 7.11 Å². The highest BCUT2D eigenvalue weighted by atomic mass is 16.5. The molecule has 0 spiro atoms. The summed E-state index contributed by atoms with van der Waals surface area (Å²) >= 11 is 0. The van der Waals surface area contributed by atoms with E-state index in [0.717, 1.165) is 23.3 Å². The fourth-order valence-electron chi connectivity index (χ4n) is 1.81. The first-order valence-electron chi connectivity index (χ1n) is 7.46. The minimum atomic E-state index is -0.677. The Morgan fingerprint density at radius 3 is 2.61 bits per heavy atom. The lowest BCUT2D eigenvalue weighted by Crippen LogP contribution is -2.26. The number of carbonyl (C=O) groups excluding carboxylic acids is 1. The number of rotatable bonds is 6. The second-order valence-corrected chi connectivity index (χ2v) is 5.97. The van der Waals surface area contributed by atoms with Crippen molar-refractivity contribution in [1.82, 2.24) is 0 Å². The SMILES string of the molecule is C#CC(C)(C)Oc1ccc(/C=C/C(=O)OC)cc1CC=C(C)C. The van der Waals surface area contributed by atoms with Crippen LogP contribution in [0.2, 0.25) is 0 Å². The number of carbonyl (C=O) groups is 1. The maximum Gasteiger partial charge on any atom is 0.330 e. The minimum Gasteiger partial charge on any atom is -0.475 e. The normalized spacial score (nSPS) is 11.0. The van der Waals surface area contributed by atoms with Crippen molar-refractivity contribution in [1.29, 1.82) is 0 Å². The van der Waals surface area contributed by atoms with Crippen LogP contribution >= 0.6 is 0 Å². The molecule has 0 radical (unpaired) electrons. The molecule has 0 aliphatic heterocycles. The summed E-state index contributed by atoms with van der Waals surface area (Å²) in [7, 11) is 1.35. The van der Waals surface area contributed by atoms with E-state index in [1.165, 1.54) is 18.8 Å². The molecule has 0 N–H and O–H groups in total. The quantitative estimate of drug-likeness (QED) is 0.342. The van der Waals surface area contributed by atoms with Gasteiger partial charge in [0.25, 0.3) is 0 Å². The molecule has 1 aromatic rings. The zero-order valence-electron chi connectivity index (χ0n) is 14.5. The van der Waals surface area contributed by atoms with Crippen LogP contribution in [-0.2, 0) is 16.0 Å². The molecule has 3 nitrogen and oxygen atoms in total. The molecule has 0 bridgehead atoms. The fraction of sp³-hybridized carbons (Fsp3) is 0.350. The van der Waals surface area contributed by atoms with Crippen LogP contribution in [0.5, 0.6) is 5.75 Å². The molecule has 0 saturated carbocycles. The number of esters is 1. The van der Waals surface area contributed by atoms with Gasteiger partial charge in [-0.05, 0) is 63.5 Å². The average molecular weight is 312 g/mol. The summed E-state index contributed by atoms with van der Waals surface area (Å²) < 4.78 is 10.5. The summed E-state index contributed by atoms with van der Waals surface area (Å²) in [6.07, 6.45) is 11.5. The van der Waals surface area contributed by atoms with Crippen molar-refractivity contribution in [3.63, 3.8) is 0 Å². The second-order valence-electron chi connectivity index (χ2n) is 5.97. The highest BCUT2D eigenvalue weighted by Gasteiger charge is 2.17. The van der Waals surface area contributed by atoms with E-state index in [0.29, 0.717) is 0 Å². The molecule has 0 amide bonds. The largest absolute Gasteiger partial charge is 0.475 e. The van der Waals surface area contributed by atoms with Crippen molar-refractivity contribution in [2.45, 2.75) is 39.7 Å². The molecule has 0 atom stereocenters. The lowest BCUT2D eigenvalue weighted by molar-refractivity contribution is -0.134. The van der Waals surface area contributed by atoms with Gasteiger partial charge in [-0.25, -0.2) is 4.79 Å². The first-order valence-corrected chi connectivity index (χ1v) is 7.46. The van der Waals surface area contributed by atoms with E-state index in [-0.39, 0.29) is 5.97 Å². The Kier molecular flexibility index (Phi) is 6.65. The minimum absolute atomic E-state index is 0.385. The summed E-state index contributed by atoms with van der Waals surface area (Å²) in [4.78, 5) is 11.2. The van der Waals surface area contributed by atoms with Crippen molar-refractivity contribution >= 4 is 12.0 Å². The Balaban J connectivity index is 3.15. The van der Waals surface area contributed by atoms with E-state index in [1.807, 2.05) is 45.9 Å². The van der Waals surface area contributed by atoms with Crippen LogP contribution in [0, 0.1) is 12.3 Å². The van der Waals surface area contributed by atoms with E-state index in [2.05, 4.69) is 16.7 Å². The van der Waals surface area contributed by atoms with Crippen molar-refractivity contribution in [2.75, 3.05) is 7.11 Å². The predicted octanol–water partition coefficient (Wildman–Crippen LogP) is 4.17. The van der Waals surface area contributed by atoms with Gasteiger partial charge in [-0.2, -0.15) is 0 Å². The fourth-order valence-corrected chi connectivity index (χ4v) is 1.81. The van der Waals surface area contributed by atoms with Crippen LogP contribution in [0.3, 0.4) is 0 Å². The first kappa shape index (κ1) is 18.6. The smallest absolute Gasteiger partial charge is 0.330 e. The molecule has 3 heteroatoms. The van der Waals surface area contributed by atoms with E-state index in [4.69, 9.17) is 11.2 Å². The Hall–Kier alpha value is -2.47. The summed E-state index contributed by atoms with van der Waals surface area (Å²) in [6, 6.07) is 5.75. The number of allylic oxidation sites excluding steroid dienone is 2. The van der Waals surface area contributed by atoms with E-state index in [1.54, 1.807) is 6.08 Å². The highest BCUT2D eigenvalue weighted by Crippen LogP contribution is 2.26. The Morgan fingerprint density at radius 2 is 2.04 bits per heavy atom. The predicted molar refractivity (Wildman–Crippen MR) is 94.2 cm³/mol. The molecule has 1 rings (SSSR count). The summed E-state index contributed by atoms with van der Waals surface area (Å²) in [5, 5.41) is 0. The van der Waals surface area contributed by atoms with E-state index >= 15 is 0 Å². The van der Waals surface area contributed by atoms with Crippen molar-refractivity contribution in [2.24, 2.45) is 0 Å². The van der Waals surface area contributed by atoms with Gasteiger partial charge < -0.3 is 9.47 Å². The molecule has 0 aliphatic carbocycles. The summed E-state index contributed by atoms with van der Waals surface area (Å²) in [5.41, 5.74) is 2.46. The van der Waals surface area contributed by atoms with Crippen LogP contribution in [0.1, 0.15) is 38.8 Å². The van der Waals surface area contributed by atoms with Gasteiger partial charge >= 0.3 is 5.97 Å². The molecule has 0 aliphatic rings. The van der Waals surface area contributed by atoms with Crippen LogP contribution in [0.25, 0.3) is 6.08 Å². The van der Waals surface area contributed by atoms with Crippen LogP contribution in [-0.4, -0.2) is 18.7 Å². The van der Waals surface area contributed by atoms with Gasteiger partial charge in [0.2, 0.25) is 0 Å². The molecule has 122 valence electrons. The van der Waals surface area contributed by atoms with Gasteiger partial charge in [0.15, 0.2) is 5.60 Å². The Morgan fingerprint density at radius 1 is 1.35 bits per heavy atom. The maximum absolute atomic E-state index is 11.2. The Bertz CT molecular complexity index is 654. The average Bonchev–Trinajstić information content (AvgIpc) is 2.51. The number of benzene rings is 1. The molecule has 0 unspecified atom stereocenters. The first-order chi connectivity index (χ1) is 10.8. The molecule has 23 heavy (non-hydrogen) atoms. The molecule has 0 heterocycles. The number of ether oxygens (including phenoxy) is 2. The van der Waals surface area contributed by atoms with Gasteiger partial charge in [-0.1, -0.05) is 23.6 Å². The van der Waals surface area contributed by atoms with E-state index < -0.39 is 5.60 Å². The summed E-state index contributed by atoms with van der Waals surface area (Å²) in [5.74, 6) is 3.00. The van der Waals surface area contributed by atoms with Crippen molar-refractivity contribution in [3.05, 3.63) is 47.1 Å². The van der Waals surface area contributed by atoms with Gasteiger partial charge in [-0.3, -0.25) is 0 Å². The lowest BCUT2D eigenvalue weighted by atomic mass is 10.0. The van der Waals surface area contributed by atoms with Crippen LogP contribution in [0.15, 0.2) is 35.9 Å². The molecule has 0 saturated heterocycles. The van der Waals surface area contributed by atoms with Gasteiger partial charge in [0, 0.05) is 6.08 Å². The number of terminal acetylenes is 1.